The number of nitrogens with one attached hydrogen (secondary N) is 2. The summed E-state index contributed by atoms with van der Waals surface area (Å²) in [6.45, 7) is 3.44. The van der Waals surface area contributed by atoms with Gasteiger partial charge in [0.15, 0.2) is 0 Å². The van der Waals surface area contributed by atoms with E-state index < -0.39 is 23.4 Å². The first-order chi connectivity index (χ1) is 16.9. The molecule has 0 radical (unpaired) electrons. The van der Waals surface area contributed by atoms with Gasteiger partial charge in [-0.1, -0.05) is 23.7 Å². The highest BCUT2D eigenvalue weighted by Gasteiger charge is 2.56. The first-order valence-corrected chi connectivity index (χ1v) is 12.1. The number of carbonyl (C=O) groups is 3. The van der Waals surface area contributed by atoms with Gasteiger partial charge in [-0.05, 0) is 67.8 Å². The highest BCUT2D eigenvalue weighted by molar-refractivity contribution is 6.30. The van der Waals surface area contributed by atoms with Crippen LogP contribution in [-0.2, 0) is 15.1 Å². The molecule has 0 spiro atoms. The summed E-state index contributed by atoms with van der Waals surface area (Å²) in [6, 6.07) is 12.9. The number of unbranched alkanes of at least 4 members (excludes halogenated alkanes) is 2. The number of amides is 4. The van der Waals surface area contributed by atoms with E-state index in [1.165, 1.54) is 0 Å². The highest BCUT2D eigenvalue weighted by Crippen LogP contribution is 2.34. The number of hydrogen-bond acceptors (Lipinski definition) is 7. The fourth-order valence-corrected chi connectivity index (χ4v) is 4.71. The molecule has 0 aliphatic carbocycles. The van der Waals surface area contributed by atoms with Gasteiger partial charge in [-0.2, -0.15) is 0 Å². The maximum atomic E-state index is 13.3. The Morgan fingerprint density at radius 1 is 0.829 bits per heavy atom. The second kappa shape index (κ2) is 11.2. The van der Waals surface area contributed by atoms with Gasteiger partial charge in [-0.15, -0.1) is 0 Å². The Kier molecular flexibility index (Phi) is 8.02. The maximum Gasteiger partial charge on any atom is 0.328 e. The normalized spacial score (nSPS) is 18.7. The van der Waals surface area contributed by atoms with E-state index in [1.54, 1.807) is 48.5 Å². The van der Waals surface area contributed by atoms with Crippen LogP contribution >= 0.6 is 11.6 Å². The molecule has 2 aliphatic rings. The summed E-state index contributed by atoms with van der Waals surface area (Å²) in [6.07, 6.45) is 2.73. The monoisotopic (exact) mass is 500 g/mol. The molecule has 0 saturated carbocycles. The number of carbonyl (C=O) groups excluding carboxylic acids is 3. The number of halogens is 1. The lowest BCUT2D eigenvalue weighted by atomic mass is 9.84. The van der Waals surface area contributed by atoms with Crippen molar-refractivity contribution in [1.82, 2.24) is 20.4 Å². The van der Waals surface area contributed by atoms with Crippen LogP contribution in [0.15, 0.2) is 48.5 Å². The fourth-order valence-electron chi connectivity index (χ4n) is 4.59. The van der Waals surface area contributed by atoms with Gasteiger partial charge in [0.05, 0.1) is 0 Å². The van der Waals surface area contributed by atoms with Crippen LogP contribution < -0.4 is 15.4 Å². The number of barbiturate groups is 1. The third-order valence-electron chi connectivity index (χ3n) is 6.41. The van der Waals surface area contributed by atoms with Gasteiger partial charge in [-0.25, -0.2) is 4.79 Å². The first-order valence-electron chi connectivity index (χ1n) is 11.7. The topological polar surface area (TPSA) is 111 Å². The molecule has 9 nitrogen and oxygen atoms in total. The molecule has 0 unspecified atom stereocenters. The Morgan fingerprint density at radius 2 is 1.40 bits per heavy atom. The Morgan fingerprint density at radius 3 is 1.97 bits per heavy atom. The minimum absolute atomic E-state index is 0.197. The Hall–Kier alpha value is -2.98. The molecule has 2 saturated heterocycles. The number of nitrogens with zero attached hydrogens (tertiary/aromatic N) is 2. The third-order valence-corrected chi connectivity index (χ3v) is 6.66. The van der Waals surface area contributed by atoms with Crippen molar-refractivity contribution >= 4 is 29.4 Å². The van der Waals surface area contributed by atoms with Gasteiger partial charge in [0, 0.05) is 37.8 Å². The average Bonchev–Trinajstić information content (AvgIpc) is 2.85. The number of benzene rings is 2. The molecular formula is C25H29ClN4O5. The molecule has 2 heterocycles. The van der Waals surface area contributed by atoms with Crippen LogP contribution in [0, 0.1) is 0 Å². The maximum absolute atomic E-state index is 13.3. The number of hydrogen-bond donors (Lipinski definition) is 3. The van der Waals surface area contributed by atoms with Crippen molar-refractivity contribution in [1.29, 1.82) is 0 Å². The van der Waals surface area contributed by atoms with E-state index in [2.05, 4.69) is 15.5 Å². The molecule has 2 aromatic carbocycles. The average molecular weight is 501 g/mol. The van der Waals surface area contributed by atoms with Crippen LogP contribution in [0.5, 0.6) is 11.5 Å². The summed E-state index contributed by atoms with van der Waals surface area (Å²) in [7, 11) is 0. The zero-order valence-corrected chi connectivity index (χ0v) is 20.1. The van der Waals surface area contributed by atoms with Crippen molar-refractivity contribution in [2.45, 2.75) is 24.8 Å². The molecule has 2 aliphatic heterocycles. The number of urea groups is 1. The second-order valence-corrected chi connectivity index (χ2v) is 9.08. The van der Waals surface area contributed by atoms with Crippen molar-refractivity contribution in [3.8, 4) is 11.5 Å². The van der Waals surface area contributed by atoms with Crippen molar-refractivity contribution in [3.63, 3.8) is 0 Å². The Bertz CT molecular complexity index is 1030. The van der Waals surface area contributed by atoms with Crippen molar-refractivity contribution in [3.05, 3.63) is 59.1 Å². The standard InChI is InChI=1S/C25H29ClN4O5/c26-19-6-10-21(11-7-19)35-20-8-4-18(5-9-20)25(22(32)27-24(34)28-23(25)33)30-15-13-29(14-16-30)12-2-1-3-17-31/h4-11,31H,1-3,12-17H2,(H2,27,28,32,33,34). The molecule has 2 fully saturated rings. The molecule has 0 aromatic heterocycles. The smallest absolute Gasteiger partial charge is 0.328 e. The van der Waals surface area contributed by atoms with Crippen LogP contribution in [0.1, 0.15) is 24.8 Å². The number of piperazine rings is 1. The molecular weight excluding hydrogens is 472 g/mol. The van der Waals surface area contributed by atoms with Crippen molar-refractivity contribution in [2.75, 3.05) is 39.3 Å². The quantitative estimate of drug-likeness (QED) is 0.358. The summed E-state index contributed by atoms with van der Waals surface area (Å²) in [5.74, 6) is -0.180. The van der Waals surface area contributed by atoms with E-state index in [0.29, 0.717) is 48.3 Å². The SMILES string of the molecule is O=C1NC(=O)C(c2ccc(Oc3ccc(Cl)cc3)cc2)(N2CCN(CCCCCO)CC2)C(=O)N1. The molecule has 3 N–H and O–H groups in total. The lowest BCUT2D eigenvalue weighted by Gasteiger charge is -2.46. The largest absolute Gasteiger partial charge is 0.457 e. The molecule has 10 heteroatoms. The van der Waals surface area contributed by atoms with Crippen molar-refractivity contribution < 1.29 is 24.2 Å². The van der Waals surface area contributed by atoms with Crippen LogP contribution in [0.25, 0.3) is 0 Å². The molecule has 0 atom stereocenters. The summed E-state index contributed by atoms with van der Waals surface area (Å²) in [5, 5.41) is 14.1. The summed E-state index contributed by atoms with van der Waals surface area (Å²) in [4.78, 5) is 42.5. The van der Waals surface area contributed by atoms with E-state index in [4.69, 9.17) is 21.4 Å². The van der Waals surface area contributed by atoms with Gasteiger partial charge in [0.1, 0.15) is 11.5 Å². The second-order valence-electron chi connectivity index (χ2n) is 8.64. The lowest BCUT2D eigenvalue weighted by molar-refractivity contribution is -0.150. The molecule has 2 aromatic rings. The number of aliphatic hydroxyl groups excluding tert-OH is 1. The minimum Gasteiger partial charge on any atom is -0.457 e. The third kappa shape index (κ3) is 5.48. The number of ether oxygens (including phenoxy) is 1. The highest BCUT2D eigenvalue weighted by atomic mass is 35.5. The van der Waals surface area contributed by atoms with Gasteiger partial charge in [0.2, 0.25) is 5.54 Å². The Labute approximate surface area is 209 Å². The predicted molar refractivity (Wildman–Crippen MR) is 130 cm³/mol. The van der Waals surface area contributed by atoms with Gasteiger partial charge >= 0.3 is 6.03 Å². The lowest BCUT2D eigenvalue weighted by Crippen LogP contribution is -2.72. The molecule has 35 heavy (non-hydrogen) atoms. The zero-order chi connectivity index (χ0) is 24.8. The van der Waals surface area contributed by atoms with Gasteiger partial charge in [0.25, 0.3) is 11.8 Å². The number of aliphatic hydroxyl groups is 1. The van der Waals surface area contributed by atoms with E-state index >= 15 is 0 Å². The minimum atomic E-state index is -1.66. The molecule has 0 bridgehead atoms. The predicted octanol–water partition coefficient (Wildman–Crippen LogP) is 2.47. The Balaban J connectivity index is 1.54. The summed E-state index contributed by atoms with van der Waals surface area (Å²) in [5.41, 5.74) is -1.20. The van der Waals surface area contributed by atoms with E-state index in [9.17, 15) is 14.4 Å². The van der Waals surface area contributed by atoms with Crippen LogP contribution in [-0.4, -0.2) is 72.1 Å². The summed E-state index contributed by atoms with van der Waals surface area (Å²) < 4.78 is 5.84. The summed E-state index contributed by atoms with van der Waals surface area (Å²) >= 11 is 5.92. The van der Waals surface area contributed by atoms with E-state index in [1.807, 2.05) is 4.90 Å². The van der Waals surface area contributed by atoms with Gasteiger partial charge in [-0.3, -0.25) is 25.1 Å². The number of imide groups is 2. The van der Waals surface area contributed by atoms with Gasteiger partial charge < -0.3 is 14.7 Å². The van der Waals surface area contributed by atoms with E-state index in [0.717, 1.165) is 25.8 Å². The van der Waals surface area contributed by atoms with E-state index in [-0.39, 0.29) is 6.61 Å². The molecule has 4 rings (SSSR count). The van der Waals surface area contributed by atoms with Crippen LogP contribution in [0.4, 0.5) is 4.79 Å². The van der Waals surface area contributed by atoms with Crippen LogP contribution in [0.2, 0.25) is 5.02 Å². The molecule has 4 amide bonds. The van der Waals surface area contributed by atoms with Crippen LogP contribution in [0.3, 0.4) is 0 Å². The zero-order valence-electron chi connectivity index (χ0n) is 19.3. The molecule has 186 valence electrons. The number of rotatable bonds is 9. The fraction of sp³-hybridized carbons (Fsp3) is 0.400. The van der Waals surface area contributed by atoms with Crippen molar-refractivity contribution in [2.24, 2.45) is 0 Å². The first kappa shape index (κ1) is 25.1.